The summed E-state index contributed by atoms with van der Waals surface area (Å²) in [6.45, 7) is 4.61. The summed E-state index contributed by atoms with van der Waals surface area (Å²) in [5.41, 5.74) is 0. The summed E-state index contributed by atoms with van der Waals surface area (Å²) < 4.78 is 38.6. The molecule has 1 rings (SSSR count). The maximum absolute atomic E-state index is 10.6. The Kier molecular flexibility index (Phi) is 17.6. The predicted octanol–water partition coefficient (Wildman–Crippen LogP) is 5.82. The summed E-state index contributed by atoms with van der Waals surface area (Å²) in [5, 5.41) is 0. The minimum Gasteiger partial charge on any atom is -0.362 e. The van der Waals surface area contributed by atoms with Crippen LogP contribution in [0.1, 0.15) is 96.8 Å². The van der Waals surface area contributed by atoms with Gasteiger partial charge in [0.1, 0.15) is 0 Å². The molecule has 8 heteroatoms. The highest BCUT2D eigenvalue weighted by atomic mass is 32.3. The van der Waals surface area contributed by atoms with Crippen LogP contribution in [-0.2, 0) is 10.4 Å². The summed E-state index contributed by atoms with van der Waals surface area (Å²) >= 11 is 0. The molecule has 0 atom stereocenters. The van der Waals surface area contributed by atoms with E-state index >= 15 is 0 Å². The number of nitrogens with zero attached hydrogens (tertiary/aromatic N) is 2. The van der Waals surface area contributed by atoms with Crippen molar-refractivity contribution in [2.45, 2.75) is 96.8 Å². The molecule has 0 unspecified atom stereocenters. The van der Waals surface area contributed by atoms with Crippen LogP contribution in [0.5, 0.6) is 0 Å². The average molecular weight is 426 g/mol. The largest absolute Gasteiger partial charge is 0.398 e. The lowest BCUT2D eigenvalue weighted by atomic mass is 10.0. The van der Waals surface area contributed by atoms with Gasteiger partial charge < -0.3 is 9.80 Å². The minimum atomic E-state index is -5.08. The summed E-state index contributed by atoms with van der Waals surface area (Å²) in [6, 6.07) is 0. The SMILES string of the molecule is CCCCCCCCCCCCCCCCN1C=CN(C)C1.O=S(=O)(F)NF. The molecule has 0 amide bonds. The maximum atomic E-state index is 10.6. The zero-order chi connectivity index (χ0) is 21.1. The topological polar surface area (TPSA) is 52.7 Å². The van der Waals surface area contributed by atoms with Crippen LogP contribution >= 0.6 is 0 Å². The van der Waals surface area contributed by atoms with Gasteiger partial charge in [-0.3, -0.25) is 0 Å². The summed E-state index contributed by atoms with van der Waals surface area (Å²) in [7, 11) is -2.94. The molecule has 0 fully saturated rings. The molecule has 1 heterocycles. The first-order valence-corrected chi connectivity index (χ1v) is 12.2. The zero-order valence-electron chi connectivity index (χ0n) is 17.8. The number of hydrogen-bond donors (Lipinski definition) is 1. The highest BCUT2D eigenvalue weighted by molar-refractivity contribution is 7.84. The zero-order valence-corrected chi connectivity index (χ0v) is 18.7. The lowest BCUT2D eigenvalue weighted by Crippen LogP contribution is -2.23. The van der Waals surface area contributed by atoms with Crippen molar-refractivity contribution in [3.63, 3.8) is 0 Å². The van der Waals surface area contributed by atoms with Gasteiger partial charge in [0.2, 0.25) is 0 Å². The first-order chi connectivity index (χ1) is 13.4. The Hall–Kier alpha value is -0.890. The molecule has 0 radical (unpaired) electrons. The van der Waals surface area contributed by atoms with Gasteiger partial charge in [-0.05, 0) is 11.4 Å². The number of rotatable bonds is 16. The van der Waals surface area contributed by atoms with Crippen molar-refractivity contribution in [3.8, 4) is 0 Å². The van der Waals surface area contributed by atoms with Crippen molar-refractivity contribution in [2.75, 3.05) is 20.3 Å². The Morgan fingerprint density at radius 2 is 1.21 bits per heavy atom. The number of unbranched alkanes of at least 4 members (excludes halogenated alkanes) is 13. The molecule has 0 saturated heterocycles. The second-order valence-corrected chi connectivity index (χ2v) is 8.65. The van der Waals surface area contributed by atoms with E-state index in [2.05, 4.69) is 36.2 Å². The van der Waals surface area contributed by atoms with Crippen LogP contribution in [0.2, 0.25) is 0 Å². The fourth-order valence-electron chi connectivity index (χ4n) is 3.24. The van der Waals surface area contributed by atoms with E-state index in [1.54, 1.807) is 0 Å². The lowest BCUT2D eigenvalue weighted by molar-refractivity contribution is 0.290. The van der Waals surface area contributed by atoms with E-state index < -0.39 is 10.4 Å². The molecule has 5 nitrogen and oxygen atoms in total. The van der Waals surface area contributed by atoms with Crippen molar-refractivity contribution < 1.29 is 16.8 Å². The maximum Gasteiger partial charge on any atom is 0.398 e. The van der Waals surface area contributed by atoms with Crippen molar-refractivity contribution in [1.29, 1.82) is 0 Å². The summed E-state index contributed by atoms with van der Waals surface area (Å²) in [4.78, 5) is 4.57. The molecular weight excluding hydrogens is 384 g/mol. The van der Waals surface area contributed by atoms with Crippen molar-refractivity contribution in [2.24, 2.45) is 0 Å². The molecule has 1 N–H and O–H groups in total. The molecule has 0 aliphatic carbocycles. The van der Waals surface area contributed by atoms with Crippen molar-refractivity contribution in [3.05, 3.63) is 12.4 Å². The Morgan fingerprint density at radius 3 is 1.54 bits per heavy atom. The highest BCUT2D eigenvalue weighted by Crippen LogP contribution is 2.13. The monoisotopic (exact) mass is 425 g/mol. The second-order valence-electron chi connectivity index (χ2n) is 7.62. The lowest BCUT2D eigenvalue weighted by Gasteiger charge is -2.17. The van der Waals surface area contributed by atoms with E-state index in [9.17, 15) is 8.37 Å². The van der Waals surface area contributed by atoms with E-state index in [-0.39, 0.29) is 4.94 Å². The van der Waals surface area contributed by atoms with E-state index in [1.807, 2.05) is 0 Å². The molecule has 0 aromatic carbocycles. The molecule has 0 aromatic heterocycles. The normalized spacial score (nSPS) is 13.7. The average Bonchev–Trinajstić information content (AvgIpc) is 3.07. The third kappa shape index (κ3) is 19.9. The van der Waals surface area contributed by atoms with Gasteiger partial charge in [0.05, 0.1) is 6.67 Å². The van der Waals surface area contributed by atoms with Crippen LogP contribution in [0.15, 0.2) is 12.4 Å². The van der Waals surface area contributed by atoms with Crippen molar-refractivity contribution >= 4 is 10.4 Å². The van der Waals surface area contributed by atoms with Crippen LogP contribution in [0.25, 0.3) is 0 Å². The predicted molar refractivity (Wildman–Crippen MR) is 113 cm³/mol. The number of nitrogens with one attached hydrogen (secondary N) is 1. The Balaban J connectivity index is 0.00000105. The van der Waals surface area contributed by atoms with Crippen LogP contribution in [-0.4, -0.2) is 38.5 Å². The van der Waals surface area contributed by atoms with Crippen LogP contribution in [0.4, 0.5) is 8.37 Å². The molecule has 0 bridgehead atoms. The van der Waals surface area contributed by atoms with E-state index in [1.165, 1.54) is 96.4 Å². The molecular formula is C20H41F2N3O2S. The van der Waals surface area contributed by atoms with Gasteiger partial charge in [-0.1, -0.05) is 94.3 Å². The minimum absolute atomic E-state index is 0.0903. The highest BCUT2D eigenvalue weighted by Gasteiger charge is 2.06. The van der Waals surface area contributed by atoms with E-state index in [4.69, 9.17) is 8.42 Å². The van der Waals surface area contributed by atoms with Gasteiger partial charge in [0, 0.05) is 26.0 Å². The Labute approximate surface area is 171 Å². The first kappa shape index (κ1) is 27.1. The van der Waals surface area contributed by atoms with Crippen LogP contribution < -0.4 is 4.94 Å². The van der Waals surface area contributed by atoms with Gasteiger partial charge in [-0.25, -0.2) is 0 Å². The molecule has 1 aliphatic heterocycles. The second kappa shape index (κ2) is 18.2. The number of halogens is 2. The number of hydrogen-bond acceptors (Lipinski definition) is 4. The molecule has 0 saturated carbocycles. The fourth-order valence-corrected chi connectivity index (χ4v) is 3.24. The molecule has 1 aliphatic rings. The van der Waals surface area contributed by atoms with Gasteiger partial charge in [-0.15, -0.1) is 4.48 Å². The Bertz CT molecular complexity index is 476. The standard InChI is InChI=1S/C20H40N2.F2HNO2S/c1-3-4-5-6-7-8-9-10-11-12-13-14-15-16-17-22-19-18-21(2)20-22;1-3-6(2,4)5/h18-19H,3-17,20H2,1-2H3;3H. The summed E-state index contributed by atoms with van der Waals surface area (Å²) in [6.07, 6.45) is 24.6. The van der Waals surface area contributed by atoms with E-state index in [0.29, 0.717) is 0 Å². The smallest absolute Gasteiger partial charge is 0.362 e. The summed E-state index contributed by atoms with van der Waals surface area (Å²) in [5.74, 6) is 0. The van der Waals surface area contributed by atoms with Gasteiger partial charge >= 0.3 is 10.4 Å². The van der Waals surface area contributed by atoms with Gasteiger partial charge in [0.25, 0.3) is 0 Å². The first-order valence-electron chi connectivity index (χ1n) is 10.8. The van der Waals surface area contributed by atoms with Gasteiger partial charge in [-0.2, -0.15) is 8.42 Å². The molecule has 168 valence electrons. The fraction of sp³-hybridized carbons (Fsp3) is 0.900. The van der Waals surface area contributed by atoms with Crippen molar-refractivity contribution in [1.82, 2.24) is 14.7 Å². The third-order valence-corrected chi connectivity index (χ3v) is 5.01. The molecule has 0 spiro atoms. The quantitative estimate of drug-likeness (QED) is 0.192. The van der Waals surface area contributed by atoms with Gasteiger partial charge in [0.15, 0.2) is 0 Å². The van der Waals surface area contributed by atoms with Crippen LogP contribution in [0, 0.1) is 0 Å². The van der Waals surface area contributed by atoms with E-state index in [0.717, 1.165) is 6.67 Å². The molecule has 28 heavy (non-hydrogen) atoms. The van der Waals surface area contributed by atoms with Crippen LogP contribution in [0.3, 0.4) is 0 Å². The third-order valence-electron chi connectivity index (χ3n) is 4.83. The Morgan fingerprint density at radius 1 is 0.821 bits per heavy atom. The molecule has 0 aromatic rings.